The van der Waals surface area contributed by atoms with E-state index in [-0.39, 0.29) is 23.4 Å². The fraction of sp³-hybridized carbons (Fsp3) is 0.192. The van der Waals surface area contributed by atoms with Gasteiger partial charge in [-0.1, -0.05) is 24.2 Å². The number of methoxy groups -OCH3 is 1. The van der Waals surface area contributed by atoms with Gasteiger partial charge in [0.25, 0.3) is 0 Å². The first-order chi connectivity index (χ1) is 17.0. The largest absolute Gasteiger partial charge is 0.494 e. The third-order valence-electron chi connectivity index (χ3n) is 6.06. The Kier molecular flexibility index (Phi) is 6.13. The molecule has 1 fully saturated rings. The Bertz CT molecular complexity index is 1420. The number of rotatable bonds is 6. The third kappa shape index (κ3) is 4.21. The molecule has 1 aliphatic heterocycles. The summed E-state index contributed by atoms with van der Waals surface area (Å²) >= 11 is 6.54. The van der Waals surface area contributed by atoms with E-state index in [2.05, 4.69) is 11.6 Å². The fourth-order valence-electron chi connectivity index (χ4n) is 4.33. The predicted molar refractivity (Wildman–Crippen MR) is 131 cm³/mol. The van der Waals surface area contributed by atoms with Gasteiger partial charge in [-0.3, -0.25) is 14.5 Å². The molecule has 0 N–H and O–H groups in total. The lowest BCUT2D eigenvalue weighted by molar-refractivity contribution is -0.125. The zero-order valence-corrected chi connectivity index (χ0v) is 19.7. The van der Waals surface area contributed by atoms with Crippen LogP contribution in [0.1, 0.15) is 12.5 Å². The van der Waals surface area contributed by atoms with E-state index in [1.165, 1.54) is 25.3 Å². The molecule has 0 radical (unpaired) electrons. The molecule has 9 heteroatoms. The molecule has 2 aromatic carbocycles. The van der Waals surface area contributed by atoms with Gasteiger partial charge < -0.3 is 14.4 Å². The molecule has 35 heavy (non-hydrogen) atoms. The van der Waals surface area contributed by atoms with Crippen LogP contribution >= 0.6 is 11.6 Å². The first-order valence-corrected chi connectivity index (χ1v) is 11.4. The molecule has 178 valence electrons. The number of carbonyl (C=O) groups is 1. The number of pyridine rings is 1. The van der Waals surface area contributed by atoms with Crippen molar-refractivity contribution >= 4 is 28.4 Å². The summed E-state index contributed by atoms with van der Waals surface area (Å²) in [6, 6.07) is 11.9. The molecule has 0 aliphatic carbocycles. The minimum atomic E-state index is -0.565. The zero-order valence-electron chi connectivity index (χ0n) is 18.9. The number of carbonyl (C=O) groups excluding carboxylic acids is 1. The van der Waals surface area contributed by atoms with Crippen LogP contribution in [0.2, 0.25) is 5.02 Å². The molecule has 1 aliphatic rings. The van der Waals surface area contributed by atoms with Gasteiger partial charge in [0.05, 0.1) is 23.7 Å². The lowest BCUT2D eigenvalue weighted by Crippen LogP contribution is -2.27. The van der Waals surface area contributed by atoms with Crippen molar-refractivity contribution in [3.8, 4) is 28.5 Å². The fourth-order valence-corrected chi connectivity index (χ4v) is 4.57. The summed E-state index contributed by atoms with van der Waals surface area (Å²) in [6.07, 6.45) is 5.41. The van der Waals surface area contributed by atoms with Crippen LogP contribution in [0.25, 0.3) is 22.2 Å². The number of aromatic nitrogens is 3. The van der Waals surface area contributed by atoms with Gasteiger partial charge >= 0.3 is 0 Å². The molecular formula is C26H22ClFN4O3. The Hall–Kier alpha value is -3.91. The average molecular weight is 493 g/mol. The van der Waals surface area contributed by atoms with Crippen molar-refractivity contribution in [3.63, 3.8) is 0 Å². The second-order valence-corrected chi connectivity index (χ2v) is 8.55. The molecular weight excluding hydrogens is 471 g/mol. The van der Waals surface area contributed by atoms with Crippen molar-refractivity contribution in [1.82, 2.24) is 19.7 Å². The van der Waals surface area contributed by atoms with Crippen LogP contribution in [0.5, 0.6) is 17.2 Å². The summed E-state index contributed by atoms with van der Waals surface area (Å²) in [5.41, 5.74) is 2.31. The summed E-state index contributed by atoms with van der Waals surface area (Å²) in [5, 5.41) is 6.18. The molecule has 0 saturated carbocycles. The van der Waals surface area contributed by atoms with Gasteiger partial charge in [0.1, 0.15) is 11.4 Å². The van der Waals surface area contributed by atoms with E-state index in [9.17, 15) is 9.18 Å². The van der Waals surface area contributed by atoms with Crippen LogP contribution in [0.15, 0.2) is 67.5 Å². The molecule has 4 aromatic rings. The van der Waals surface area contributed by atoms with Gasteiger partial charge in [0.15, 0.2) is 11.5 Å². The topological polar surface area (TPSA) is 69.5 Å². The van der Waals surface area contributed by atoms with Crippen molar-refractivity contribution in [3.05, 3.63) is 78.4 Å². The normalized spacial score (nSPS) is 15.4. The molecule has 2 aromatic heterocycles. The highest BCUT2D eigenvalue weighted by atomic mass is 35.5. The Morgan fingerprint density at radius 3 is 2.71 bits per heavy atom. The second-order valence-electron chi connectivity index (χ2n) is 8.14. The quantitative estimate of drug-likeness (QED) is 0.325. The minimum Gasteiger partial charge on any atom is -0.494 e. The number of amides is 1. The van der Waals surface area contributed by atoms with Gasteiger partial charge in [0, 0.05) is 36.4 Å². The molecule has 1 amide bonds. The van der Waals surface area contributed by atoms with Crippen LogP contribution in [0.4, 0.5) is 4.39 Å². The van der Waals surface area contributed by atoms with Crippen molar-refractivity contribution in [2.24, 2.45) is 0 Å². The Morgan fingerprint density at radius 2 is 1.97 bits per heavy atom. The number of hydrogen-bond donors (Lipinski definition) is 0. The number of halogens is 2. The van der Waals surface area contributed by atoms with E-state index < -0.39 is 5.82 Å². The van der Waals surface area contributed by atoms with Crippen LogP contribution in [-0.4, -0.2) is 45.8 Å². The highest BCUT2D eigenvalue weighted by Gasteiger charge is 2.29. The first kappa shape index (κ1) is 22.9. The maximum absolute atomic E-state index is 14.5. The van der Waals surface area contributed by atoms with E-state index in [0.717, 1.165) is 22.9 Å². The van der Waals surface area contributed by atoms with Crippen molar-refractivity contribution in [2.45, 2.75) is 12.5 Å². The highest BCUT2D eigenvalue weighted by molar-refractivity contribution is 6.35. The molecule has 0 bridgehead atoms. The van der Waals surface area contributed by atoms with Crippen LogP contribution in [0, 0.1) is 5.82 Å². The lowest BCUT2D eigenvalue weighted by Gasteiger charge is -2.15. The van der Waals surface area contributed by atoms with Crippen LogP contribution in [-0.2, 0) is 4.79 Å². The number of ether oxygens (including phenoxy) is 2. The van der Waals surface area contributed by atoms with E-state index in [0.29, 0.717) is 29.6 Å². The SMILES string of the molecule is C=CC(=O)N1CCC(n2nc(-c3ccc(Oc4cccc(OC)c4F)cc3)c3cncc(Cl)c32)C1. The van der Waals surface area contributed by atoms with Gasteiger partial charge in [-0.25, -0.2) is 0 Å². The molecule has 3 heterocycles. The number of fused-ring (bicyclic) bond motifs is 1. The Morgan fingerprint density at radius 1 is 1.20 bits per heavy atom. The highest BCUT2D eigenvalue weighted by Crippen LogP contribution is 2.37. The van der Waals surface area contributed by atoms with Crippen molar-refractivity contribution in [2.75, 3.05) is 20.2 Å². The van der Waals surface area contributed by atoms with Gasteiger partial charge in [-0.15, -0.1) is 0 Å². The summed E-state index contributed by atoms with van der Waals surface area (Å²) in [6.45, 7) is 4.73. The van der Waals surface area contributed by atoms with E-state index in [1.54, 1.807) is 35.5 Å². The second kappa shape index (κ2) is 9.38. The maximum Gasteiger partial charge on any atom is 0.246 e. The molecule has 1 saturated heterocycles. The van der Waals surface area contributed by atoms with Gasteiger partial charge in [-0.05, 0) is 48.9 Å². The van der Waals surface area contributed by atoms with E-state index in [1.807, 2.05) is 16.8 Å². The first-order valence-electron chi connectivity index (χ1n) is 11.0. The summed E-state index contributed by atoms with van der Waals surface area (Å²) in [5.74, 6) is -0.0105. The lowest BCUT2D eigenvalue weighted by atomic mass is 10.1. The van der Waals surface area contributed by atoms with Crippen molar-refractivity contribution < 1.29 is 18.7 Å². The monoisotopic (exact) mass is 492 g/mol. The minimum absolute atomic E-state index is 0.0197. The number of hydrogen-bond acceptors (Lipinski definition) is 5. The molecule has 7 nitrogen and oxygen atoms in total. The molecule has 1 atom stereocenters. The van der Waals surface area contributed by atoms with Crippen LogP contribution in [0.3, 0.4) is 0 Å². The molecule has 5 rings (SSSR count). The predicted octanol–water partition coefficient (Wildman–Crippen LogP) is 5.65. The zero-order chi connectivity index (χ0) is 24.5. The Balaban J connectivity index is 1.47. The summed E-state index contributed by atoms with van der Waals surface area (Å²) < 4.78 is 27.1. The molecule has 0 spiro atoms. The average Bonchev–Trinajstić information content (AvgIpc) is 3.51. The maximum atomic E-state index is 14.5. The summed E-state index contributed by atoms with van der Waals surface area (Å²) in [7, 11) is 1.40. The smallest absolute Gasteiger partial charge is 0.246 e. The standard InChI is InChI=1S/C26H22ClFN4O3/c1-3-23(33)31-12-11-17(15-31)32-26-19(13-29-14-20(26)27)25(30-32)16-7-9-18(10-8-16)35-22-6-4-5-21(34-2)24(22)28/h3-10,13-14,17H,1,11-12,15H2,2H3. The third-order valence-corrected chi connectivity index (χ3v) is 6.34. The number of benzene rings is 2. The summed E-state index contributed by atoms with van der Waals surface area (Å²) in [4.78, 5) is 18.1. The van der Waals surface area contributed by atoms with E-state index in [4.69, 9.17) is 26.2 Å². The molecule has 1 unspecified atom stereocenters. The van der Waals surface area contributed by atoms with E-state index >= 15 is 0 Å². The Labute approximate surface area is 206 Å². The number of nitrogens with zero attached hydrogens (tertiary/aromatic N) is 4. The van der Waals surface area contributed by atoms with Gasteiger partial charge in [0.2, 0.25) is 11.7 Å². The number of likely N-dealkylation sites (tertiary alicyclic amines) is 1. The van der Waals surface area contributed by atoms with Crippen LogP contribution < -0.4 is 9.47 Å². The van der Waals surface area contributed by atoms with Gasteiger partial charge in [-0.2, -0.15) is 9.49 Å². The van der Waals surface area contributed by atoms with Crippen molar-refractivity contribution in [1.29, 1.82) is 0 Å².